The highest BCUT2D eigenvalue weighted by Crippen LogP contribution is 2.27. The van der Waals surface area contributed by atoms with Gasteiger partial charge in [-0.05, 0) is 83.5 Å². The van der Waals surface area contributed by atoms with Gasteiger partial charge < -0.3 is 39.0 Å². The maximum atomic E-state index is 13.2. The summed E-state index contributed by atoms with van der Waals surface area (Å²) in [6.07, 6.45) is 65.8. The molecule has 0 aliphatic carbocycles. The lowest BCUT2D eigenvalue weighted by atomic mass is 9.98. The number of aliphatic carboxylic acids is 1. The van der Waals surface area contributed by atoms with Gasteiger partial charge in [0.25, 0.3) is 0 Å². The molecule has 0 bridgehead atoms. The Morgan fingerprint density at radius 2 is 0.753 bits per heavy atom. The summed E-state index contributed by atoms with van der Waals surface area (Å²) in [5.41, 5.74) is 0. The van der Waals surface area contributed by atoms with Crippen LogP contribution in [-0.4, -0.2) is 89.2 Å². The lowest BCUT2D eigenvalue weighted by Crippen LogP contribution is -2.61. The number of ether oxygens (including phenoxy) is 5. The molecule has 1 heterocycles. The first-order valence-electron chi connectivity index (χ1n) is 34.9. The molecule has 0 saturated carbocycles. The smallest absolute Gasteiger partial charge is 0.335 e. The first-order chi connectivity index (χ1) is 41.6. The molecular formula is C73H126O12. The minimum absolute atomic E-state index is 0.0517. The van der Waals surface area contributed by atoms with Crippen LogP contribution in [0, 0.1) is 0 Å². The highest BCUT2D eigenvalue weighted by atomic mass is 16.7. The van der Waals surface area contributed by atoms with Crippen molar-refractivity contribution in [2.75, 3.05) is 13.2 Å². The standard InChI is InChI=1S/C73H126O12/c1-4-7-10-13-16-19-22-25-28-31-33-36-38-41-44-47-50-53-56-59-65(74)81-62-64(83-66(75)60-57-54-51-48-45-42-39-35-30-27-24-21-18-15-12-9-6-3)63-82-73-71(69(78)68(77)70(85-73)72(79)80)84-67(76)61-58-55-52-49-46-43-40-37-34-32-29-26-23-20-17-14-11-8-5-2/h9,12,18,21,26-27,29-30,39,42,48,51,64,68-71,73,77-78H,4-8,10-11,13-17,19-20,22-25,28,31-38,40-41,43-47,49-50,52-63H2,1-3H3,(H,79,80)/b12-9-,21-18-,29-26-,30-27-,42-39-,51-48-. The van der Waals surface area contributed by atoms with Gasteiger partial charge in [-0.25, -0.2) is 4.79 Å². The summed E-state index contributed by atoms with van der Waals surface area (Å²) in [5.74, 6) is -3.18. The van der Waals surface area contributed by atoms with Gasteiger partial charge >= 0.3 is 23.9 Å². The van der Waals surface area contributed by atoms with Crippen LogP contribution in [-0.2, 0) is 42.9 Å². The molecule has 0 aromatic rings. The number of carbonyl (C=O) groups is 4. The van der Waals surface area contributed by atoms with Crippen molar-refractivity contribution in [3.05, 3.63) is 72.9 Å². The zero-order valence-corrected chi connectivity index (χ0v) is 54.3. The van der Waals surface area contributed by atoms with Crippen molar-refractivity contribution in [2.45, 2.75) is 353 Å². The van der Waals surface area contributed by atoms with Crippen LogP contribution in [0.25, 0.3) is 0 Å². The minimum Gasteiger partial charge on any atom is -0.479 e. The summed E-state index contributed by atoms with van der Waals surface area (Å²) in [7, 11) is 0. The van der Waals surface area contributed by atoms with Crippen molar-refractivity contribution >= 4 is 23.9 Å². The molecule has 6 atom stereocenters. The zero-order valence-electron chi connectivity index (χ0n) is 54.3. The van der Waals surface area contributed by atoms with Gasteiger partial charge in [0.15, 0.2) is 24.6 Å². The van der Waals surface area contributed by atoms with E-state index in [0.717, 1.165) is 83.5 Å². The number of carbonyl (C=O) groups excluding carboxylic acids is 3. The number of hydrogen-bond acceptors (Lipinski definition) is 11. The number of hydrogen-bond donors (Lipinski definition) is 3. The lowest BCUT2D eigenvalue weighted by Gasteiger charge is -2.40. The average Bonchev–Trinajstić information content (AvgIpc) is 3.53. The Balaban J connectivity index is 2.65. The highest BCUT2D eigenvalue weighted by Gasteiger charge is 2.50. The third-order valence-electron chi connectivity index (χ3n) is 15.8. The lowest BCUT2D eigenvalue weighted by molar-refractivity contribution is -0.301. The first-order valence-corrected chi connectivity index (χ1v) is 34.9. The van der Waals surface area contributed by atoms with E-state index in [1.807, 2.05) is 6.08 Å². The van der Waals surface area contributed by atoms with Crippen molar-refractivity contribution in [2.24, 2.45) is 0 Å². The molecule has 0 spiro atoms. The molecule has 1 fully saturated rings. The number of rotatable bonds is 60. The quantitative estimate of drug-likeness (QED) is 0.0228. The third-order valence-corrected chi connectivity index (χ3v) is 15.8. The van der Waals surface area contributed by atoms with E-state index in [1.165, 1.54) is 167 Å². The molecule has 1 aliphatic heterocycles. The second-order valence-corrected chi connectivity index (χ2v) is 23.8. The van der Waals surface area contributed by atoms with Crippen molar-refractivity contribution in [3.8, 4) is 0 Å². The highest BCUT2D eigenvalue weighted by molar-refractivity contribution is 5.74. The number of aliphatic hydroxyl groups is 2. The molecule has 3 N–H and O–H groups in total. The molecule has 12 heteroatoms. The summed E-state index contributed by atoms with van der Waals surface area (Å²) in [5, 5.41) is 31.7. The summed E-state index contributed by atoms with van der Waals surface area (Å²) >= 11 is 0. The maximum absolute atomic E-state index is 13.2. The number of carboxylic acids is 1. The average molecular weight is 1200 g/mol. The predicted molar refractivity (Wildman–Crippen MR) is 349 cm³/mol. The summed E-state index contributed by atoms with van der Waals surface area (Å²) in [4.78, 5) is 51.4. The van der Waals surface area contributed by atoms with Crippen LogP contribution in [0.4, 0.5) is 0 Å². The molecule has 0 radical (unpaired) electrons. The van der Waals surface area contributed by atoms with Crippen LogP contribution in [0.1, 0.15) is 316 Å². The zero-order chi connectivity index (χ0) is 61.7. The minimum atomic E-state index is -1.91. The van der Waals surface area contributed by atoms with E-state index >= 15 is 0 Å². The van der Waals surface area contributed by atoms with Gasteiger partial charge in [-0.15, -0.1) is 0 Å². The number of carboxylic acid groups (broad SMARTS) is 1. The van der Waals surface area contributed by atoms with Gasteiger partial charge in [-0.2, -0.15) is 0 Å². The van der Waals surface area contributed by atoms with E-state index in [2.05, 4.69) is 87.6 Å². The Labute approximate surface area is 518 Å². The van der Waals surface area contributed by atoms with E-state index in [1.54, 1.807) is 0 Å². The fourth-order valence-corrected chi connectivity index (χ4v) is 10.5. The SMILES string of the molecule is CC/C=C\C/C=C\C/C=C\C/C=C\C/C=C\CCCC(=O)OC(COC(=O)CCCCCCCCCCCCCCCCCCCCC)COC1OC(C(=O)O)C(O)C(O)C1OC(=O)CCCCCCCCCCC/C=C\CCCCCCCC. The summed E-state index contributed by atoms with van der Waals surface area (Å²) in [6, 6.07) is 0. The Hall–Kier alpha value is -3.84. The van der Waals surface area contributed by atoms with Crippen molar-refractivity contribution in [1.82, 2.24) is 0 Å². The van der Waals surface area contributed by atoms with Crippen LogP contribution in [0.2, 0.25) is 0 Å². The number of esters is 3. The third kappa shape index (κ3) is 49.8. The number of unbranched alkanes of at least 4 members (excludes halogenated alkanes) is 34. The van der Waals surface area contributed by atoms with E-state index in [0.29, 0.717) is 25.7 Å². The Bertz CT molecular complexity index is 1750. The molecular weight excluding hydrogens is 1070 g/mol. The Kier molecular flexibility index (Phi) is 56.3. The molecule has 12 nitrogen and oxygen atoms in total. The molecule has 1 rings (SSSR count). The summed E-state index contributed by atoms with van der Waals surface area (Å²) in [6.45, 7) is 5.89. The fourth-order valence-electron chi connectivity index (χ4n) is 10.5. The van der Waals surface area contributed by atoms with Gasteiger partial charge in [0.1, 0.15) is 18.8 Å². The fraction of sp³-hybridized carbons (Fsp3) is 0.781. The van der Waals surface area contributed by atoms with Gasteiger partial charge in [0.2, 0.25) is 0 Å². The van der Waals surface area contributed by atoms with Gasteiger partial charge in [-0.3, -0.25) is 14.4 Å². The molecule has 85 heavy (non-hydrogen) atoms. The van der Waals surface area contributed by atoms with E-state index in [9.17, 15) is 34.5 Å². The number of allylic oxidation sites excluding steroid dienone is 12. The molecule has 1 aliphatic rings. The monoisotopic (exact) mass is 1190 g/mol. The van der Waals surface area contributed by atoms with E-state index < -0.39 is 67.3 Å². The van der Waals surface area contributed by atoms with Crippen molar-refractivity contribution in [1.29, 1.82) is 0 Å². The maximum Gasteiger partial charge on any atom is 0.335 e. The molecule has 0 amide bonds. The van der Waals surface area contributed by atoms with E-state index in [4.69, 9.17) is 23.7 Å². The van der Waals surface area contributed by atoms with Crippen molar-refractivity contribution in [3.63, 3.8) is 0 Å². The molecule has 1 saturated heterocycles. The normalized spacial score (nSPS) is 17.9. The first kappa shape index (κ1) is 79.2. The Morgan fingerprint density at radius 3 is 1.18 bits per heavy atom. The second-order valence-electron chi connectivity index (χ2n) is 23.8. The largest absolute Gasteiger partial charge is 0.479 e. The molecule has 490 valence electrons. The number of aliphatic hydroxyl groups excluding tert-OH is 2. The van der Waals surface area contributed by atoms with Crippen molar-refractivity contribution < 1.29 is 58.2 Å². The van der Waals surface area contributed by atoms with Gasteiger partial charge in [0, 0.05) is 19.3 Å². The summed E-state index contributed by atoms with van der Waals surface area (Å²) < 4.78 is 28.5. The second kappa shape index (κ2) is 60.4. The predicted octanol–water partition coefficient (Wildman–Crippen LogP) is 19.2. The molecule has 0 aromatic carbocycles. The van der Waals surface area contributed by atoms with Gasteiger partial charge in [-0.1, -0.05) is 286 Å². The molecule has 6 unspecified atom stereocenters. The Morgan fingerprint density at radius 1 is 0.400 bits per heavy atom. The topological polar surface area (TPSA) is 175 Å². The van der Waals surface area contributed by atoms with Crippen LogP contribution in [0.15, 0.2) is 72.9 Å². The molecule has 0 aromatic heterocycles. The van der Waals surface area contributed by atoms with Crippen LogP contribution < -0.4 is 0 Å². The van der Waals surface area contributed by atoms with Crippen LogP contribution >= 0.6 is 0 Å². The van der Waals surface area contributed by atoms with E-state index in [-0.39, 0.29) is 25.9 Å². The van der Waals surface area contributed by atoms with Gasteiger partial charge in [0.05, 0.1) is 6.61 Å². The van der Waals surface area contributed by atoms with Crippen LogP contribution in [0.3, 0.4) is 0 Å². The van der Waals surface area contributed by atoms with Crippen LogP contribution in [0.5, 0.6) is 0 Å².